The summed E-state index contributed by atoms with van der Waals surface area (Å²) in [6.07, 6.45) is 0. The van der Waals surface area contributed by atoms with Crippen molar-refractivity contribution in [1.29, 1.82) is 0 Å². The fraction of sp³-hybridized carbons (Fsp3) is 0.636. The molecule has 0 aromatic carbocycles. The maximum absolute atomic E-state index is 10.9. The van der Waals surface area contributed by atoms with Crippen molar-refractivity contribution in [3.63, 3.8) is 0 Å². The van der Waals surface area contributed by atoms with E-state index in [9.17, 15) is 19.2 Å². The Hall–Kier alpha value is -2.20. The van der Waals surface area contributed by atoms with E-state index in [0.717, 1.165) is 0 Å². The number of primary amides is 2. The monoisotopic (exact) mass is 304 g/mol. The number of nitrogens with zero attached hydrogens (tertiary/aromatic N) is 2. The third-order valence-electron chi connectivity index (χ3n) is 2.58. The Bertz CT molecular complexity index is 382. The first-order chi connectivity index (χ1) is 9.61. The van der Waals surface area contributed by atoms with Crippen LogP contribution in [0.5, 0.6) is 0 Å². The predicted molar refractivity (Wildman–Crippen MR) is 71.1 cm³/mol. The first kappa shape index (κ1) is 18.8. The summed E-state index contributed by atoms with van der Waals surface area (Å²) in [6.45, 7) is 0.225. The summed E-state index contributed by atoms with van der Waals surface area (Å²) >= 11 is 0. The fourth-order valence-corrected chi connectivity index (χ4v) is 1.83. The number of carboxylic acids is 2. The average molecular weight is 304 g/mol. The number of aliphatic carboxylic acids is 2. The molecule has 21 heavy (non-hydrogen) atoms. The van der Waals surface area contributed by atoms with Crippen molar-refractivity contribution in [2.45, 2.75) is 13.0 Å². The molecule has 0 rings (SSSR count). The van der Waals surface area contributed by atoms with Crippen molar-refractivity contribution in [3.8, 4) is 0 Å². The minimum Gasteiger partial charge on any atom is -0.480 e. The smallest absolute Gasteiger partial charge is 0.317 e. The lowest BCUT2D eigenvalue weighted by molar-refractivity contribution is -0.141. The van der Waals surface area contributed by atoms with Gasteiger partial charge in [0.15, 0.2) is 0 Å². The van der Waals surface area contributed by atoms with Crippen LogP contribution in [0.3, 0.4) is 0 Å². The quantitative estimate of drug-likeness (QED) is 0.315. The van der Waals surface area contributed by atoms with Gasteiger partial charge in [-0.25, -0.2) is 0 Å². The second kappa shape index (κ2) is 8.87. The highest BCUT2D eigenvalue weighted by atomic mass is 16.4. The van der Waals surface area contributed by atoms with Gasteiger partial charge < -0.3 is 21.7 Å². The summed E-state index contributed by atoms with van der Waals surface area (Å²) in [7, 11) is 0. The van der Waals surface area contributed by atoms with E-state index >= 15 is 0 Å². The molecule has 120 valence electrons. The normalized spacial score (nSPS) is 12.3. The van der Waals surface area contributed by atoms with Crippen molar-refractivity contribution >= 4 is 23.8 Å². The van der Waals surface area contributed by atoms with Gasteiger partial charge in [0.05, 0.1) is 26.2 Å². The maximum atomic E-state index is 10.9. The molecule has 0 aliphatic carbocycles. The van der Waals surface area contributed by atoms with Crippen molar-refractivity contribution in [2.75, 3.05) is 32.7 Å². The van der Waals surface area contributed by atoms with Gasteiger partial charge >= 0.3 is 11.9 Å². The number of hydrogen-bond acceptors (Lipinski definition) is 6. The molecule has 0 bridgehead atoms. The number of nitrogens with two attached hydrogens (primary N) is 2. The molecule has 0 aromatic heterocycles. The van der Waals surface area contributed by atoms with Crippen LogP contribution in [0.2, 0.25) is 0 Å². The minimum atomic E-state index is -1.15. The molecular weight excluding hydrogens is 284 g/mol. The SMILES string of the molecule is C[C@H](CN(CC(N)=O)CC(=O)O)N(CC(N)=O)CC(=O)O. The van der Waals surface area contributed by atoms with E-state index in [1.54, 1.807) is 6.92 Å². The zero-order valence-corrected chi connectivity index (χ0v) is 11.7. The number of hydrogen-bond donors (Lipinski definition) is 4. The fourth-order valence-electron chi connectivity index (χ4n) is 1.83. The van der Waals surface area contributed by atoms with Gasteiger partial charge in [0, 0.05) is 12.6 Å². The highest BCUT2D eigenvalue weighted by molar-refractivity contribution is 5.78. The van der Waals surface area contributed by atoms with Crippen LogP contribution < -0.4 is 11.5 Å². The predicted octanol–water partition coefficient (Wildman–Crippen LogP) is -2.88. The lowest BCUT2D eigenvalue weighted by Crippen LogP contribution is -2.50. The highest BCUT2D eigenvalue weighted by Gasteiger charge is 2.23. The number of carbonyl (C=O) groups is 4. The molecule has 1 atom stereocenters. The molecule has 0 saturated carbocycles. The van der Waals surface area contributed by atoms with Crippen molar-refractivity contribution in [3.05, 3.63) is 0 Å². The van der Waals surface area contributed by atoms with Crippen molar-refractivity contribution < 1.29 is 29.4 Å². The largest absolute Gasteiger partial charge is 0.480 e. The summed E-state index contributed by atoms with van der Waals surface area (Å²) < 4.78 is 0. The van der Waals surface area contributed by atoms with E-state index < -0.39 is 42.9 Å². The van der Waals surface area contributed by atoms with Gasteiger partial charge in [-0.1, -0.05) is 0 Å². The van der Waals surface area contributed by atoms with Crippen LogP contribution in [-0.2, 0) is 19.2 Å². The molecule has 0 fully saturated rings. The van der Waals surface area contributed by atoms with Gasteiger partial charge in [0.1, 0.15) is 0 Å². The Balaban J connectivity index is 4.81. The van der Waals surface area contributed by atoms with Crippen LogP contribution in [0.1, 0.15) is 6.92 Å². The molecule has 0 unspecified atom stereocenters. The van der Waals surface area contributed by atoms with Crippen LogP contribution in [0.15, 0.2) is 0 Å². The Kier molecular flexibility index (Phi) is 7.94. The van der Waals surface area contributed by atoms with Gasteiger partial charge in [-0.15, -0.1) is 0 Å². The van der Waals surface area contributed by atoms with E-state index in [0.29, 0.717) is 0 Å². The third-order valence-corrected chi connectivity index (χ3v) is 2.58. The zero-order valence-electron chi connectivity index (χ0n) is 11.7. The number of rotatable bonds is 11. The molecule has 0 spiro atoms. The van der Waals surface area contributed by atoms with Crippen LogP contribution in [0, 0.1) is 0 Å². The Morgan fingerprint density at radius 3 is 1.76 bits per heavy atom. The molecule has 0 heterocycles. The van der Waals surface area contributed by atoms with Gasteiger partial charge in [-0.2, -0.15) is 0 Å². The Morgan fingerprint density at radius 2 is 1.38 bits per heavy atom. The lowest BCUT2D eigenvalue weighted by atomic mass is 10.2. The number of carboxylic acid groups (broad SMARTS) is 2. The van der Waals surface area contributed by atoms with Gasteiger partial charge in [0.25, 0.3) is 0 Å². The van der Waals surface area contributed by atoms with E-state index in [1.807, 2.05) is 0 Å². The van der Waals surface area contributed by atoms with Crippen molar-refractivity contribution in [1.82, 2.24) is 9.80 Å². The number of carbonyl (C=O) groups excluding carboxylic acids is 2. The molecule has 10 heteroatoms. The summed E-state index contributed by atoms with van der Waals surface area (Å²) in [5.41, 5.74) is 10.1. The third kappa shape index (κ3) is 9.35. The first-order valence-electron chi connectivity index (χ1n) is 6.08. The summed E-state index contributed by atoms with van der Waals surface area (Å²) in [5.74, 6) is -3.71. The molecule has 0 aliphatic rings. The van der Waals surface area contributed by atoms with Crippen LogP contribution in [0.25, 0.3) is 0 Å². The van der Waals surface area contributed by atoms with Crippen LogP contribution in [0.4, 0.5) is 0 Å². The Labute approximate surface area is 121 Å². The molecule has 0 radical (unpaired) electrons. The Morgan fingerprint density at radius 1 is 0.905 bits per heavy atom. The molecule has 6 N–H and O–H groups in total. The van der Waals surface area contributed by atoms with Crippen LogP contribution in [-0.4, -0.2) is 82.5 Å². The second-order valence-corrected chi connectivity index (χ2v) is 4.64. The molecule has 10 nitrogen and oxygen atoms in total. The van der Waals surface area contributed by atoms with E-state index in [-0.39, 0.29) is 19.6 Å². The molecule has 0 aliphatic heterocycles. The van der Waals surface area contributed by atoms with Gasteiger partial charge in [0.2, 0.25) is 11.8 Å². The molecule has 0 saturated heterocycles. The van der Waals surface area contributed by atoms with Crippen LogP contribution >= 0.6 is 0 Å². The standard InChI is InChI=1S/C11H20N4O6/c1-7(15(4-9(13)17)6-11(20)21)2-14(3-8(12)16)5-10(18)19/h7H,2-6H2,1H3,(H2,12,16)(H2,13,17)(H,18,19)(H,20,21)/t7-/m1/s1. The van der Waals surface area contributed by atoms with E-state index in [2.05, 4.69) is 0 Å². The lowest BCUT2D eigenvalue weighted by Gasteiger charge is -2.30. The summed E-state index contributed by atoms with van der Waals surface area (Å²) in [6, 6.07) is -0.507. The summed E-state index contributed by atoms with van der Waals surface area (Å²) in [5, 5.41) is 17.6. The van der Waals surface area contributed by atoms with Gasteiger partial charge in [-0.3, -0.25) is 29.0 Å². The topological polar surface area (TPSA) is 167 Å². The highest BCUT2D eigenvalue weighted by Crippen LogP contribution is 2.02. The minimum absolute atomic E-state index is 0.0514. The first-order valence-corrected chi connectivity index (χ1v) is 6.08. The average Bonchev–Trinajstić information content (AvgIpc) is 2.24. The second-order valence-electron chi connectivity index (χ2n) is 4.64. The molecular formula is C11H20N4O6. The van der Waals surface area contributed by atoms with Crippen molar-refractivity contribution in [2.24, 2.45) is 11.5 Å². The summed E-state index contributed by atoms with van der Waals surface area (Å²) in [4.78, 5) is 45.9. The van der Waals surface area contributed by atoms with E-state index in [1.165, 1.54) is 9.80 Å². The maximum Gasteiger partial charge on any atom is 0.317 e. The zero-order chi connectivity index (χ0) is 16.6. The van der Waals surface area contributed by atoms with Gasteiger partial charge in [-0.05, 0) is 6.92 Å². The molecule has 2 amide bonds. The van der Waals surface area contributed by atoms with E-state index in [4.69, 9.17) is 21.7 Å². The number of amides is 2. The molecule has 0 aromatic rings.